The van der Waals surface area contributed by atoms with Gasteiger partial charge in [-0.25, -0.2) is 0 Å². The van der Waals surface area contributed by atoms with E-state index in [2.05, 4.69) is 0 Å². The minimum atomic E-state index is -0.211. The normalized spacial score (nSPS) is 7.00. The Labute approximate surface area is 48.1 Å². The Balaban J connectivity index is 0. The molecule has 0 aliphatic carbocycles. The van der Waals surface area contributed by atoms with Crippen molar-refractivity contribution >= 4 is 16.9 Å². The fourth-order valence-corrected chi connectivity index (χ4v) is 0.246. The molecule has 0 aliphatic rings. The van der Waals surface area contributed by atoms with Gasteiger partial charge < -0.3 is 5.73 Å². The monoisotopic (exact) mass is 115 g/mol. The van der Waals surface area contributed by atoms with Crippen LogP contribution in [0.4, 0.5) is 0 Å². The van der Waals surface area contributed by atoms with Crippen LogP contribution in [0.3, 0.4) is 0 Å². The van der Waals surface area contributed by atoms with E-state index in [-0.39, 0.29) is 16.9 Å². The average Bonchev–Trinajstić information content (AvgIpc) is 1.35. The Kier molecular flexibility index (Phi) is 8.00. The van der Waals surface area contributed by atoms with Gasteiger partial charge in [0.15, 0.2) is 0 Å². The fraction of sp³-hybridized carbons (Fsp3) is 0.750. The summed E-state index contributed by atoms with van der Waals surface area (Å²) in [5, 5.41) is 0. The van der Waals surface area contributed by atoms with E-state index in [4.69, 9.17) is 5.73 Å². The second-order valence-corrected chi connectivity index (χ2v) is 1.22. The Morgan fingerprint density at radius 3 is 2.14 bits per heavy atom. The van der Waals surface area contributed by atoms with Crippen LogP contribution >= 0.6 is 0 Å². The van der Waals surface area contributed by atoms with Crippen LogP contribution < -0.4 is 5.73 Å². The van der Waals surface area contributed by atoms with E-state index in [0.29, 0.717) is 6.42 Å². The maximum absolute atomic E-state index is 9.82. The molecule has 0 heterocycles. The summed E-state index contributed by atoms with van der Waals surface area (Å²) in [7, 11) is 0. The van der Waals surface area contributed by atoms with Gasteiger partial charge in [-0.05, 0) is 6.42 Å². The molecular formula is C4H9NOSi. The quantitative estimate of drug-likeness (QED) is 0.501. The summed E-state index contributed by atoms with van der Waals surface area (Å²) in [5.41, 5.74) is 4.76. The molecule has 4 radical (unpaired) electrons. The van der Waals surface area contributed by atoms with E-state index in [0.717, 1.165) is 6.42 Å². The molecule has 0 spiro atoms. The molecule has 0 fully saturated rings. The molecule has 40 valence electrons. The van der Waals surface area contributed by atoms with E-state index in [1.165, 1.54) is 0 Å². The number of amides is 1. The minimum Gasteiger partial charge on any atom is -0.370 e. The Morgan fingerprint density at radius 1 is 1.71 bits per heavy atom. The first-order valence-electron chi connectivity index (χ1n) is 2.05. The van der Waals surface area contributed by atoms with Crippen molar-refractivity contribution in [1.82, 2.24) is 0 Å². The van der Waals surface area contributed by atoms with E-state index < -0.39 is 0 Å². The Bertz CT molecular complexity index is 55.7. The number of primary amides is 1. The van der Waals surface area contributed by atoms with Crippen LogP contribution in [0, 0.1) is 0 Å². The fourth-order valence-electron chi connectivity index (χ4n) is 0.246. The van der Waals surface area contributed by atoms with Crippen molar-refractivity contribution in [3.8, 4) is 0 Å². The number of carbonyl (C=O) groups excluding carboxylic acids is 1. The standard InChI is InChI=1S/C4H9NO.Si/c1-2-3-4(5)6;/h2-3H2,1H3,(H2,5,6);. The number of hydrogen-bond donors (Lipinski definition) is 1. The molecule has 0 rings (SSSR count). The van der Waals surface area contributed by atoms with Gasteiger partial charge in [0.05, 0.1) is 0 Å². The largest absolute Gasteiger partial charge is 0.370 e. The summed E-state index contributed by atoms with van der Waals surface area (Å²) >= 11 is 0. The molecule has 0 saturated carbocycles. The zero-order valence-electron chi connectivity index (χ0n) is 4.40. The van der Waals surface area contributed by atoms with Gasteiger partial charge in [0.1, 0.15) is 0 Å². The van der Waals surface area contributed by atoms with Crippen molar-refractivity contribution in [3.05, 3.63) is 0 Å². The predicted octanol–water partition coefficient (Wildman–Crippen LogP) is -0.109. The van der Waals surface area contributed by atoms with Gasteiger partial charge in [-0.3, -0.25) is 4.79 Å². The van der Waals surface area contributed by atoms with Gasteiger partial charge in [-0.1, -0.05) is 6.92 Å². The van der Waals surface area contributed by atoms with Crippen molar-refractivity contribution in [2.24, 2.45) is 5.73 Å². The SMILES string of the molecule is CCCC(N)=O.[Si]. The number of rotatable bonds is 2. The lowest BCUT2D eigenvalue weighted by molar-refractivity contribution is -0.118. The van der Waals surface area contributed by atoms with E-state index in [1.54, 1.807) is 0 Å². The second-order valence-electron chi connectivity index (χ2n) is 1.22. The first kappa shape index (κ1) is 9.84. The smallest absolute Gasteiger partial charge is 0.217 e. The molecule has 0 bridgehead atoms. The number of nitrogens with two attached hydrogens (primary N) is 1. The van der Waals surface area contributed by atoms with Crippen molar-refractivity contribution in [2.75, 3.05) is 0 Å². The highest BCUT2D eigenvalue weighted by molar-refractivity contribution is 5.75. The maximum Gasteiger partial charge on any atom is 0.217 e. The number of carbonyl (C=O) groups is 1. The molecule has 0 aromatic heterocycles. The summed E-state index contributed by atoms with van der Waals surface area (Å²) in [6.45, 7) is 1.92. The van der Waals surface area contributed by atoms with E-state index in [1.807, 2.05) is 6.92 Å². The second kappa shape index (κ2) is 5.69. The van der Waals surface area contributed by atoms with Gasteiger partial charge in [-0.2, -0.15) is 0 Å². The molecule has 0 aromatic carbocycles. The molecule has 2 N–H and O–H groups in total. The molecule has 2 nitrogen and oxygen atoms in total. The first-order chi connectivity index (χ1) is 2.77. The van der Waals surface area contributed by atoms with Crippen molar-refractivity contribution < 1.29 is 4.79 Å². The highest BCUT2D eigenvalue weighted by atomic mass is 28.1. The van der Waals surface area contributed by atoms with E-state index in [9.17, 15) is 4.79 Å². The van der Waals surface area contributed by atoms with Crippen LogP contribution in [0.25, 0.3) is 0 Å². The average molecular weight is 115 g/mol. The Hall–Kier alpha value is -0.313. The first-order valence-corrected chi connectivity index (χ1v) is 2.05. The molecule has 7 heavy (non-hydrogen) atoms. The lowest BCUT2D eigenvalue weighted by Gasteiger charge is -1.81. The van der Waals surface area contributed by atoms with Crippen LogP contribution in [-0.4, -0.2) is 16.9 Å². The van der Waals surface area contributed by atoms with Crippen molar-refractivity contribution in [3.63, 3.8) is 0 Å². The van der Waals surface area contributed by atoms with Gasteiger partial charge in [-0.15, -0.1) is 0 Å². The molecule has 0 atom stereocenters. The minimum absolute atomic E-state index is 0. The zero-order chi connectivity index (χ0) is 4.99. The van der Waals surface area contributed by atoms with Crippen LogP contribution in [-0.2, 0) is 4.79 Å². The van der Waals surface area contributed by atoms with Crippen LogP contribution in [0.1, 0.15) is 19.8 Å². The summed E-state index contributed by atoms with van der Waals surface area (Å²) in [6, 6.07) is 0. The summed E-state index contributed by atoms with van der Waals surface area (Å²) < 4.78 is 0. The molecule has 3 heteroatoms. The molecule has 1 amide bonds. The third-order valence-corrected chi connectivity index (χ3v) is 0.496. The number of hydrogen-bond acceptors (Lipinski definition) is 1. The predicted molar refractivity (Wildman–Crippen MR) is 29.9 cm³/mol. The van der Waals surface area contributed by atoms with Crippen molar-refractivity contribution in [2.45, 2.75) is 19.8 Å². The van der Waals surface area contributed by atoms with Gasteiger partial charge in [0.25, 0.3) is 0 Å². The van der Waals surface area contributed by atoms with E-state index >= 15 is 0 Å². The third-order valence-electron chi connectivity index (χ3n) is 0.496. The highest BCUT2D eigenvalue weighted by Crippen LogP contribution is 1.79. The van der Waals surface area contributed by atoms with Crippen LogP contribution in [0.5, 0.6) is 0 Å². The Morgan fingerprint density at radius 2 is 2.14 bits per heavy atom. The van der Waals surface area contributed by atoms with Crippen LogP contribution in [0.2, 0.25) is 0 Å². The lowest BCUT2D eigenvalue weighted by Crippen LogP contribution is -2.08. The zero-order valence-corrected chi connectivity index (χ0v) is 5.40. The molecule has 0 saturated heterocycles. The summed E-state index contributed by atoms with van der Waals surface area (Å²) in [4.78, 5) is 9.82. The highest BCUT2D eigenvalue weighted by Gasteiger charge is 1.84. The van der Waals surface area contributed by atoms with Crippen LogP contribution in [0.15, 0.2) is 0 Å². The summed E-state index contributed by atoms with van der Waals surface area (Å²) in [5.74, 6) is -0.211. The summed E-state index contributed by atoms with van der Waals surface area (Å²) in [6.07, 6.45) is 1.37. The van der Waals surface area contributed by atoms with Gasteiger partial charge >= 0.3 is 0 Å². The molecule has 0 unspecified atom stereocenters. The molecular weight excluding hydrogens is 106 g/mol. The molecule has 0 aromatic rings. The van der Waals surface area contributed by atoms with Crippen molar-refractivity contribution in [1.29, 1.82) is 0 Å². The third kappa shape index (κ3) is 10.7. The van der Waals surface area contributed by atoms with Gasteiger partial charge in [0.2, 0.25) is 5.91 Å². The maximum atomic E-state index is 9.82. The topological polar surface area (TPSA) is 43.1 Å². The molecule has 0 aliphatic heterocycles. The van der Waals surface area contributed by atoms with Gasteiger partial charge in [0, 0.05) is 17.4 Å². The lowest BCUT2D eigenvalue weighted by atomic mass is 10.3.